The Kier molecular flexibility index (Phi) is 4.88. The Morgan fingerprint density at radius 2 is 2.16 bits per heavy atom. The summed E-state index contributed by atoms with van der Waals surface area (Å²) in [6, 6.07) is 4.02. The third-order valence-electron chi connectivity index (χ3n) is 3.89. The lowest BCUT2D eigenvalue weighted by atomic mass is 9.93. The molecule has 1 aromatic carbocycles. The van der Waals surface area contributed by atoms with Crippen LogP contribution >= 0.6 is 0 Å². The molecule has 106 valence electrons. The number of likely N-dealkylation sites (tertiary alicyclic amines) is 1. The van der Waals surface area contributed by atoms with E-state index in [2.05, 4.69) is 17.1 Å². The Morgan fingerprint density at radius 3 is 2.79 bits per heavy atom. The van der Waals surface area contributed by atoms with Crippen LogP contribution < -0.4 is 5.32 Å². The molecule has 4 heteroatoms. The van der Waals surface area contributed by atoms with E-state index >= 15 is 0 Å². The molecule has 0 bridgehead atoms. The zero-order chi connectivity index (χ0) is 13.8. The van der Waals surface area contributed by atoms with E-state index in [9.17, 15) is 8.78 Å². The molecule has 1 aliphatic heterocycles. The SMILES string of the molecule is CCCN1CCC(CNC)C1c1ccc(F)cc1F. The molecular formula is C15H22F2N2. The molecule has 1 heterocycles. The van der Waals surface area contributed by atoms with E-state index in [1.165, 1.54) is 6.07 Å². The second-order valence-electron chi connectivity index (χ2n) is 5.25. The van der Waals surface area contributed by atoms with Crippen LogP contribution in [0.3, 0.4) is 0 Å². The lowest BCUT2D eigenvalue weighted by Crippen LogP contribution is -2.30. The summed E-state index contributed by atoms with van der Waals surface area (Å²) in [5, 5.41) is 3.18. The Balaban J connectivity index is 2.29. The van der Waals surface area contributed by atoms with Crippen LogP contribution in [0, 0.1) is 17.6 Å². The van der Waals surface area contributed by atoms with Gasteiger partial charge in [-0.3, -0.25) is 4.90 Å². The normalized spacial score (nSPS) is 24.0. The summed E-state index contributed by atoms with van der Waals surface area (Å²) >= 11 is 0. The minimum absolute atomic E-state index is 0.0630. The van der Waals surface area contributed by atoms with Crippen LogP contribution in [0.15, 0.2) is 18.2 Å². The number of nitrogens with zero attached hydrogens (tertiary/aromatic N) is 1. The molecule has 2 atom stereocenters. The highest BCUT2D eigenvalue weighted by Gasteiger charge is 2.35. The molecule has 19 heavy (non-hydrogen) atoms. The fourth-order valence-corrected chi connectivity index (χ4v) is 3.13. The van der Waals surface area contributed by atoms with Gasteiger partial charge in [0.15, 0.2) is 0 Å². The first kappa shape index (κ1) is 14.4. The van der Waals surface area contributed by atoms with Gasteiger partial charge in [0, 0.05) is 17.7 Å². The molecule has 1 saturated heterocycles. The first-order valence-corrected chi connectivity index (χ1v) is 7.01. The second-order valence-corrected chi connectivity index (χ2v) is 5.25. The van der Waals surface area contributed by atoms with E-state index in [0.717, 1.165) is 38.5 Å². The Bertz CT molecular complexity index is 409. The zero-order valence-electron chi connectivity index (χ0n) is 11.6. The predicted octanol–water partition coefficient (Wildman–Crippen LogP) is 2.96. The van der Waals surface area contributed by atoms with Crippen molar-refractivity contribution in [1.82, 2.24) is 10.2 Å². The van der Waals surface area contributed by atoms with Crippen molar-refractivity contribution in [3.63, 3.8) is 0 Å². The van der Waals surface area contributed by atoms with Crippen molar-refractivity contribution in [3.05, 3.63) is 35.4 Å². The van der Waals surface area contributed by atoms with Gasteiger partial charge in [-0.25, -0.2) is 8.78 Å². The molecule has 1 aromatic rings. The smallest absolute Gasteiger partial charge is 0.130 e. The van der Waals surface area contributed by atoms with E-state index in [0.29, 0.717) is 11.5 Å². The van der Waals surface area contributed by atoms with Gasteiger partial charge < -0.3 is 5.32 Å². The van der Waals surface area contributed by atoms with Gasteiger partial charge in [-0.1, -0.05) is 13.0 Å². The second kappa shape index (κ2) is 6.44. The summed E-state index contributed by atoms with van der Waals surface area (Å²) in [6.07, 6.45) is 2.11. The first-order valence-electron chi connectivity index (χ1n) is 7.01. The van der Waals surface area contributed by atoms with Gasteiger partial charge in [0.25, 0.3) is 0 Å². The fraction of sp³-hybridized carbons (Fsp3) is 0.600. The van der Waals surface area contributed by atoms with Crippen molar-refractivity contribution >= 4 is 0 Å². The summed E-state index contributed by atoms with van der Waals surface area (Å²) < 4.78 is 27.1. The van der Waals surface area contributed by atoms with E-state index in [1.54, 1.807) is 6.07 Å². The maximum Gasteiger partial charge on any atom is 0.130 e. The minimum atomic E-state index is -0.508. The van der Waals surface area contributed by atoms with Gasteiger partial charge in [0.2, 0.25) is 0 Å². The molecule has 2 unspecified atom stereocenters. The van der Waals surface area contributed by atoms with Crippen LogP contribution in [-0.2, 0) is 0 Å². The van der Waals surface area contributed by atoms with Crippen LogP contribution in [0.1, 0.15) is 31.4 Å². The molecule has 1 aliphatic rings. The highest BCUT2D eigenvalue weighted by Crippen LogP contribution is 2.38. The van der Waals surface area contributed by atoms with Crippen LogP contribution in [-0.4, -0.2) is 31.6 Å². The van der Waals surface area contributed by atoms with Crippen molar-refractivity contribution in [1.29, 1.82) is 0 Å². The van der Waals surface area contributed by atoms with Crippen molar-refractivity contribution in [3.8, 4) is 0 Å². The lowest BCUT2D eigenvalue weighted by molar-refractivity contribution is 0.222. The molecule has 2 nitrogen and oxygen atoms in total. The highest BCUT2D eigenvalue weighted by molar-refractivity contribution is 5.24. The van der Waals surface area contributed by atoms with E-state index in [4.69, 9.17) is 0 Å². The van der Waals surface area contributed by atoms with Crippen molar-refractivity contribution in [2.45, 2.75) is 25.8 Å². The number of hydrogen-bond acceptors (Lipinski definition) is 2. The quantitative estimate of drug-likeness (QED) is 0.883. The average molecular weight is 268 g/mol. The molecule has 0 spiro atoms. The monoisotopic (exact) mass is 268 g/mol. The highest BCUT2D eigenvalue weighted by atomic mass is 19.1. The number of nitrogens with one attached hydrogen (secondary N) is 1. The largest absolute Gasteiger partial charge is 0.319 e. The number of rotatable bonds is 5. The van der Waals surface area contributed by atoms with E-state index in [-0.39, 0.29) is 6.04 Å². The minimum Gasteiger partial charge on any atom is -0.319 e. The van der Waals surface area contributed by atoms with Crippen LogP contribution in [0.25, 0.3) is 0 Å². The maximum atomic E-state index is 14.0. The molecule has 0 aliphatic carbocycles. The molecule has 0 saturated carbocycles. The molecular weight excluding hydrogens is 246 g/mol. The standard InChI is InChI=1S/C15H22F2N2/c1-3-7-19-8-6-11(10-18-2)15(19)13-5-4-12(16)9-14(13)17/h4-5,9,11,15,18H,3,6-8,10H2,1-2H3. The summed E-state index contributed by atoms with van der Waals surface area (Å²) in [4.78, 5) is 2.32. The van der Waals surface area contributed by atoms with Crippen LogP contribution in [0.2, 0.25) is 0 Å². The molecule has 0 amide bonds. The van der Waals surface area contributed by atoms with Gasteiger partial charge in [-0.2, -0.15) is 0 Å². The third-order valence-corrected chi connectivity index (χ3v) is 3.89. The van der Waals surface area contributed by atoms with E-state index in [1.807, 2.05) is 7.05 Å². The van der Waals surface area contributed by atoms with Crippen LogP contribution in [0.5, 0.6) is 0 Å². The zero-order valence-corrected chi connectivity index (χ0v) is 11.6. The summed E-state index contributed by atoms with van der Waals surface area (Å²) in [5.41, 5.74) is 0.632. The number of hydrogen-bond donors (Lipinski definition) is 1. The number of benzene rings is 1. The topological polar surface area (TPSA) is 15.3 Å². The Labute approximate surface area is 113 Å². The van der Waals surface area contributed by atoms with E-state index < -0.39 is 11.6 Å². The fourth-order valence-electron chi connectivity index (χ4n) is 3.13. The molecule has 1 fully saturated rings. The Hall–Kier alpha value is -1.00. The predicted molar refractivity (Wildman–Crippen MR) is 73.0 cm³/mol. The van der Waals surface area contributed by atoms with Gasteiger partial charge in [0.1, 0.15) is 11.6 Å². The molecule has 0 aromatic heterocycles. The van der Waals surface area contributed by atoms with Gasteiger partial charge in [0.05, 0.1) is 0 Å². The molecule has 0 radical (unpaired) electrons. The third kappa shape index (κ3) is 3.12. The number of halogens is 2. The van der Waals surface area contributed by atoms with Gasteiger partial charge >= 0.3 is 0 Å². The average Bonchev–Trinajstić information content (AvgIpc) is 2.74. The van der Waals surface area contributed by atoms with Crippen molar-refractivity contribution < 1.29 is 8.78 Å². The van der Waals surface area contributed by atoms with Crippen molar-refractivity contribution in [2.75, 3.05) is 26.7 Å². The maximum absolute atomic E-state index is 14.0. The lowest BCUT2D eigenvalue weighted by Gasteiger charge is -2.28. The summed E-state index contributed by atoms with van der Waals surface area (Å²) in [7, 11) is 1.92. The summed E-state index contributed by atoms with van der Waals surface area (Å²) in [5.74, 6) is -0.544. The summed E-state index contributed by atoms with van der Waals surface area (Å²) in [6.45, 7) is 4.94. The first-order chi connectivity index (χ1) is 9.17. The van der Waals surface area contributed by atoms with Crippen molar-refractivity contribution in [2.24, 2.45) is 5.92 Å². The molecule has 2 rings (SSSR count). The molecule has 1 N–H and O–H groups in total. The van der Waals surface area contributed by atoms with Crippen LogP contribution in [0.4, 0.5) is 8.78 Å². The van der Waals surface area contributed by atoms with Gasteiger partial charge in [-0.15, -0.1) is 0 Å². The Morgan fingerprint density at radius 1 is 1.37 bits per heavy atom. The van der Waals surface area contributed by atoms with Gasteiger partial charge in [-0.05, 0) is 51.5 Å².